The fraction of sp³-hybridized carbons (Fsp3) is 0.500. The van der Waals surface area contributed by atoms with E-state index in [0.717, 1.165) is 0 Å². The van der Waals surface area contributed by atoms with Crippen molar-refractivity contribution in [2.75, 3.05) is 6.54 Å². The summed E-state index contributed by atoms with van der Waals surface area (Å²) in [6.45, 7) is 1.61. The first-order chi connectivity index (χ1) is 7.94. The molecule has 0 fully saturated rings. The lowest BCUT2D eigenvalue weighted by atomic mass is 10.0. The summed E-state index contributed by atoms with van der Waals surface area (Å²) in [5.74, 6) is -0.390. The average molecular weight is 249 g/mol. The van der Waals surface area contributed by atoms with Gasteiger partial charge in [0.2, 0.25) is 0 Å². The number of hydrogen-bond donors (Lipinski definition) is 1. The average Bonchev–Trinajstić information content (AvgIpc) is 2.24. The third-order valence-electron chi connectivity index (χ3n) is 2.49. The van der Waals surface area contributed by atoms with Crippen LogP contribution in [0.4, 0.5) is 17.6 Å². The molecule has 96 valence electrons. The van der Waals surface area contributed by atoms with Gasteiger partial charge in [-0.15, -0.1) is 0 Å². The van der Waals surface area contributed by atoms with Crippen LogP contribution < -0.4 is 5.32 Å². The molecule has 0 aliphatic carbocycles. The SMILES string of the molecule is CCC(NCCC(F)(F)F)c1ccccc1F. The van der Waals surface area contributed by atoms with Crippen LogP contribution in [0, 0.1) is 5.82 Å². The quantitative estimate of drug-likeness (QED) is 0.782. The zero-order chi connectivity index (χ0) is 12.9. The molecule has 1 aromatic rings. The van der Waals surface area contributed by atoms with Crippen LogP contribution in [-0.4, -0.2) is 12.7 Å². The van der Waals surface area contributed by atoms with Crippen molar-refractivity contribution >= 4 is 0 Å². The molecule has 1 aromatic carbocycles. The third-order valence-corrected chi connectivity index (χ3v) is 2.49. The highest BCUT2D eigenvalue weighted by Crippen LogP contribution is 2.22. The normalized spacial score (nSPS) is 13.7. The van der Waals surface area contributed by atoms with E-state index in [1.54, 1.807) is 25.1 Å². The van der Waals surface area contributed by atoms with Gasteiger partial charge in [0.1, 0.15) is 5.82 Å². The molecular weight excluding hydrogens is 234 g/mol. The predicted molar refractivity (Wildman–Crippen MR) is 58.1 cm³/mol. The smallest absolute Gasteiger partial charge is 0.310 e. The second-order valence-corrected chi connectivity index (χ2v) is 3.80. The van der Waals surface area contributed by atoms with E-state index in [-0.39, 0.29) is 18.4 Å². The Balaban J connectivity index is 2.58. The molecule has 0 aliphatic heterocycles. The van der Waals surface area contributed by atoms with Crippen LogP contribution in [0.2, 0.25) is 0 Å². The lowest BCUT2D eigenvalue weighted by Gasteiger charge is -2.18. The molecule has 0 amide bonds. The predicted octanol–water partition coefficient (Wildman–Crippen LogP) is 3.82. The topological polar surface area (TPSA) is 12.0 Å². The van der Waals surface area contributed by atoms with Gasteiger partial charge in [0.15, 0.2) is 0 Å². The first-order valence-corrected chi connectivity index (χ1v) is 5.48. The van der Waals surface area contributed by atoms with E-state index in [1.807, 2.05) is 0 Å². The summed E-state index contributed by atoms with van der Waals surface area (Å²) in [6.07, 6.45) is -4.54. The van der Waals surface area contributed by atoms with E-state index in [9.17, 15) is 17.6 Å². The minimum atomic E-state index is -4.18. The summed E-state index contributed by atoms with van der Waals surface area (Å²) >= 11 is 0. The Morgan fingerprint density at radius 1 is 1.24 bits per heavy atom. The molecule has 17 heavy (non-hydrogen) atoms. The minimum Gasteiger partial charge on any atom is -0.310 e. The maximum Gasteiger partial charge on any atom is 0.390 e. The van der Waals surface area contributed by atoms with E-state index >= 15 is 0 Å². The Morgan fingerprint density at radius 2 is 1.88 bits per heavy atom. The standard InChI is InChI=1S/C12H15F4N/c1-2-11(17-8-7-12(14,15)16)9-5-3-4-6-10(9)13/h3-6,11,17H,2,7-8H2,1H3. The summed E-state index contributed by atoms with van der Waals surface area (Å²) in [6, 6.07) is 5.75. The van der Waals surface area contributed by atoms with Crippen molar-refractivity contribution in [2.24, 2.45) is 0 Å². The largest absolute Gasteiger partial charge is 0.390 e. The summed E-state index contributed by atoms with van der Waals surface area (Å²) < 4.78 is 49.4. The molecule has 0 aromatic heterocycles. The van der Waals surface area contributed by atoms with Crippen LogP contribution in [0.25, 0.3) is 0 Å². The first kappa shape index (κ1) is 14.0. The van der Waals surface area contributed by atoms with Gasteiger partial charge in [-0.3, -0.25) is 0 Å². The van der Waals surface area contributed by atoms with Gasteiger partial charge in [-0.1, -0.05) is 25.1 Å². The molecule has 5 heteroatoms. The first-order valence-electron chi connectivity index (χ1n) is 5.48. The van der Waals surface area contributed by atoms with Gasteiger partial charge in [0, 0.05) is 18.2 Å². The minimum absolute atomic E-state index is 0.198. The number of rotatable bonds is 5. The summed E-state index contributed by atoms with van der Waals surface area (Å²) in [7, 11) is 0. The van der Waals surface area contributed by atoms with Crippen molar-refractivity contribution in [1.82, 2.24) is 5.32 Å². The number of halogens is 4. The molecule has 0 bridgehead atoms. The van der Waals surface area contributed by atoms with Crippen LogP contribution in [-0.2, 0) is 0 Å². The van der Waals surface area contributed by atoms with Gasteiger partial charge < -0.3 is 5.32 Å². The van der Waals surface area contributed by atoms with E-state index in [2.05, 4.69) is 5.32 Å². The van der Waals surface area contributed by atoms with Gasteiger partial charge in [-0.25, -0.2) is 4.39 Å². The fourth-order valence-electron chi connectivity index (χ4n) is 1.62. The Hall–Kier alpha value is -1.10. The van der Waals surface area contributed by atoms with Gasteiger partial charge in [-0.05, 0) is 12.5 Å². The maximum absolute atomic E-state index is 13.4. The lowest BCUT2D eigenvalue weighted by molar-refractivity contribution is -0.133. The lowest BCUT2D eigenvalue weighted by Crippen LogP contribution is -2.26. The number of hydrogen-bond acceptors (Lipinski definition) is 1. The van der Waals surface area contributed by atoms with Gasteiger partial charge in [0.25, 0.3) is 0 Å². The monoisotopic (exact) mass is 249 g/mol. The summed E-state index contributed by atoms with van der Waals surface area (Å²) in [5, 5.41) is 2.72. The molecule has 1 N–H and O–H groups in total. The van der Waals surface area contributed by atoms with E-state index in [0.29, 0.717) is 12.0 Å². The van der Waals surface area contributed by atoms with Gasteiger partial charge in [-0.2, -0.15) is 13.2 Å². The van der Waals surface area contributed by atoms with E-state index in [4.69, 9.17) is 0 Å². The van der Waals surface area contributed by atoms with Crippen molar-refractivity contribution in [3.05, 3.63) is 35.6 Å². The van der Waals surface area contributed by atoms with Crippen molar-refractivity contribution in [2.45, 2.75) is 32.0 Å². The zero-order valence-electron chi connectivity index (χ0n) is 9.52. The highest BCUT2D eigenvalue weighted by atomic mass is 19.4. The molecular formula is C12H15F4N. The fourth-order valence-corrected chi connectivity index (χ4v) is 1.62. The summed E-state index contributed by atoms with van der Waals surface area (Å²) in [4.78, 5) is 0. The van der Waals surface area contributed by atoms with Crippen LogP contribution in [0.5, 0.6) is 0 Å². The summed E-state index contributed by atoms with van der Waals surface area (Å²) in [5.41, 5.74) is 0.414. The van der Waals surface area contributed by atoms with Crippen molar-refractivity contribution in [3.8, 4) is 0 Å². The van der Waals surface area contributed by atoms with Crippen LogP contribution >= 0.6 is 0 Å². The Bertz CT molecular complexity index is 349. The molecule has 1 rings (SSSR count). The molecule has 0 spiro atoms. The molecule has 0 aliphatic rings. The zero-order valence-corrected chi connectivity index (χ0v) is 9.52. The molecule has 0 saturated carbocycles. The highest BCUT2D eigenvalue weighted by molar-refractivity contribution is 5.21. The van der Waals surface area contributed by atoms with Crippen molar-refractivity contribution in [1.29, 1.82) is 0 Å². The second-order valence-electron chi connectivity index (χ2n) is 3.80. The van der Waals surface area contributed by atoms with Gasteiger partial charge in [0.05, 0.1) is 6.42 Å². The van der Waals surface area contributed by atoms with Crippen LogP contribution in [0.15, 0.2) is 24.3 Å². The number of alkyl halides is 3. The van der Waals surface area contributed by atoms with Crippen LogP contribution in [0.1, 0.15) is 31.4 Å². The molecule has 1 nitrogen and oxygen atoms in total. The molecule has 0 radical (unpaired) electrons. The third kappa shape index (κ3) is 4.73. The van der Waals surface area contributed by atoms with Crippen molar-refractivity contribution < 1.29 is 17.6 Å². The molecule has 0 saturated heterocycles. The second kappa shape index (κ2) is 6.00. The highest BCUT2D eigenvalue weighted by Gasteiger charge is 2.26. The number of benzene rings is 1. The van der Waals surface area contributed by atoms with E-state index in [1.165, 1.54) is 6.07 Å². The Labute approximate surface area is 97.8 Å². The van der Waals surface area contributed by atoms with E-state index < -0.39 is 12.6 Å². The van der Waals surface area contributed by atoms with Crippen molar-refractivity contribution in [3.63, 3.8) is 0 Å². The maximum atomic E-state index is 13.4. The Kier molecular flexibility index (Phi) is 4.93. The van der Waals surface area contributed by atoms with Crippen LogP contribution in [0.3, 0.4) is 0 Å². The Morgan fingerprint density at radius 3 is 2.41 bits per heavy atom. The molecule has 1 unspecified atom stereocenters. The van der Waals surface area contributed by atoms with Gasteiger partial charge >= 0.3 is 6.18 Å². The molecule has 0 heterocycles. The number of nitrogens with one attached hydrogen (secondary N) is 1. The molecule has 1 atom stereocenters.